The number of aryl methyl sites for hydroxylation is 1. The van der Waals surface area contributed by atoms with Gasteiger partial charge in [-0.1, -0.05) is 64.6 Å². The second kappa shape index (κ2) is 20.6. The lowest BCUT2D eigenvalue weighted by Gasteiger charge is -2.37. The van der Waals surface area contributed by atoms with Crippen molar-refractivity contribution in [1.29, 1.82) is 0 Å². The number of likely N-dealkylation sites (tertiary alicyclic amines) is 1. The third-order valence-electron chi connectivity index (χ3n) is 14.7. The molecule has 2 aromatic carbocycles. The summed E-state index contributed by atoms with van der Waals surface area (Å²) >= 11 is 0. The summed E-state index contributed by atoms with van der Waals surface area (Å²) in [6.07, 6.45) is 5.21. The third kappa shape index (κ3) is 10.2. The molecule has 368 valence electrons. The number of hydrazine groups is 1. The van der Waals surface area contributed by atoms with Gasteiger partial charge in [-0.05, 0) is 97.5 Å². The summed E-state index contributed by atoms with van der Waals surface area (Å²) in [6, 6.07) is 14.2. The van der Waals surface area contributed by atoms with Crippen LogP contribution >= 0.6 is 0 Å². The SMILES string of the molecule is C=CC(=O)N1CC[C@H](C(=O)N(C)C(C(=O)N[C@H]2Cc3cccc(c3)-c3ccc4c(c3)c(c(-c3cc(C5CNC5)cnc3[C@H](C)OC)n4CC)CC(C)(C)COC(=O)[C@@H]3CCCN(N3)C2=O)C(C)C)C1. The summed E-state index contributed by atoms with van der Waals surface area (Å²) in [4.78, 5) is 77.8. The first-order valence-corrected chi connectivity index (χ1v) is 24.7. The molecular weight excluding hydrogens is 873 g/mol. The van der Waals surface area contributed by atoms with Crippen LogP contribution in [0.5, 0.6) is 0 Å². The highest BCUT2D eigenvalue weighted by atomic mass is 16.5. The molecule has 4 aliphatic rings. The van der Waals surface area contributed by atoms with Gasteiger partial charge in [0.25, 0.3) is 5.91 Å². The molecule has 3 saturated heterocycles. The van der Waals surface area contributed by atoms with Gasteiger partial charge in [0, 0.05) is 93.8 Å². The number of carbonyl (C=O) groups excluding carboxylic acids is 5. The first-order chi connectivity index (χ1) is 33.0. The predicted molar refractivity (Wildman–Crippen MR) is 266 cm³/mol. The van der Waals surface area contributed by atoms with Gasteiger partial charge in [0.1, 0.15) is 18.1 Å². The van der Waals surface area contributed by atoms with Crippen LogP contribution in [-0.2, 0) is 52.8 Å². The number of aromatic nitrogens is 2. The number of hydrogen-bond acceptors (Lipinski definition) is 10. The molecule has 4 amide bonds. The van der Waals surface area contributed by atoms with E-state index in [9.17, 15) is 24.0 Å². The number of amides is 4. The van der Waals surface area contributed by atoms with Gasteiger partial charge in [-0.15, -0.1) is 0 Å². The van der Waals surface area contributed by atoms with Crippen molar-refractivity contribution in [2.45, 2.75) is 110 Å². The van der Waals surface area contributed by atoms with Gasteiger partial charge >= 0.3 is 5.97 Å². The lowest BCUT2D eigenvalue weighted by molar-refractivity contribution is -0.155. The van der Waals surface area contributed by atoms with E-state index in [4.69, 9.17) is 14.5 Å². The summed E-state index contributed by atoms with van der Waals surface area (Å²) < 4.78 is 14.5. The molecule has 3 N–H and O–H groups in total. The number of ether oxygens (including phenoxy) is 2. The summed E-state index contributed by atoms with van der Waals surface area (Å²) in [5.74, 6) is -2.19. The zero-order chi connectivity index (χ0) is 49.3. The van der Waals surface area contributed by atoms with E-state index in [0.29, 0.717) is 51.2 Å². The Kier molecular flexibility index (Phi) is 14.8. The monoisotopic (exact) mass is 943 g/mol. The van der Waals surface area contributed by atoms with Crippen LogP contribution in [0.1, 0.15) is 95.2 Å². The molecule has 0 radical (unpaired) electrons. The van der Waals surface area contributed by atoms with Crippen molar-refractivity contribution in [2.75, 3.05) is 53.5 Å². The van der Waals surface area contributed by atoms with Crippen LogP contribution in [0.4, 0.5) is 0 Å². The van der Waals surface area contributed by atoms with Crippen molar-refractivity contribution in [3.8, 4) is 22.4 Å². The number of methoxy groups -OCH3 is 1. The molecule has 0 aliphatic carbocycles. The van der Waals surface area contributed by atoms with E-state index >= 15 is 0 Å². The van der Waals surface area contributed by atoms with E-state index in [1.165, 1.54) is 21.5 Å². The number of cyclic esters (lactones) is 1. The quantitative estimate of drug-likeness (QED) is 0.121. The minimum atomic E-state index is -1.05. The topological polar surface area (TPSA) is 167 Å². The number of hydrogen-bond donors (Lipinski definition) is 3. The van der Waals surface area contributed by atoms with Crippen LogP contribution in [0, 0.1) is 17.3 Å². The molecule has 4 aliphatic heterocycles. The highest BCUT2D eigenvalue weighted by Crippen LogP contribution is 2.43. The van der Waals surface area contributed by atoms with E-state index in [1.807, 2.05) is 39.1 Å². The van der Waals surface area contributed by atoms with E-state index in [-0.39, 0.29) is 43.4 Å². The van der Waals surface area contributed by atoms with Crippen LogP contribution < -0.4 is 16.1 Å². The number of pyridine rings is 1. The number of rotatable bonds is 11. The average molecular weight is 943 g/mol. The molecule has 69 heavy (non-hydrogen) atoms. The normalized spacial score (nSPS) is 21.8. The molecule has 0 spiro atoms. The second-order valence-corrected chi connectivity index (χ2v) is 20.6. The molecule has 0 saturated carbocycles. The van der Waals surface area contributed by atoms with E-state index < -0.39 is 47.2 Å². The fourth-order valence-corrected chi connectivity index (χ4v) is 10.7. The van der Waals surface area contributed by atoms with Gasteiger partial charge in [-0.3, -0.25) is 34.0 Å². The van der Waals surface area contributed by atoms with Crippen LogP contribution in [0.2, 0.25) is 0 Å². The van der Waals surface area contributed by atoms with Crippen molar-refractivity contribution in [2.24, 2.45) is 17.3 Å². The van der Waals surface area contributed by atoms with E-state index in [0.717, 1.165) is 63.2 Å². The Bertz CT molecular complexity index is 2620. The molecular formula is C54H70N8O7. The zero-order valence-electron chi connectivity index (χ0n) is 41.6. The molecule has 1 unspecified atom stereocenters. The van der Waals surface area contributed by atoms with Crippen molar-refractivity contribution in [3.05, 3.63) is 89.8 Å². The summed E-state index contributed by atoms with van der Waals surface area (Å²) in [5.41, 5.74) is 11.8. The Hall–Kier alpha value is -5.90. The lowest BCUT2D eigenvalue weighted by atomic mass is 9.83. The minimum Gasteiger partial charge on any atom is -0.464 e. The van der Waals surface area contributed by atoms with Crippen LogP contribution in [0.15, 0.2) is 67.4 Å². The number of likely N-dealkylation sites (N-methyl/N-ethyl adjacent to an activating group) is 1. The Labute approximate surface area is 406 Å². The fourth-order valence-electron chi connectivity index (χ4n) is 10.7. The maximum Gasteiger partial charge on any atom is 0.324 e. The third-order valence-corrected chi connectivity index (χ3v) is 14.7. The molecule has 5 atom stereocenters. The number of carbonyl (C=O) groups is 5. The zero-order valence-corrected chi connectivity index (χ0v) is 41.6. The minimum absolute atomic E-state index is 0.135. The van der Waals surface area contributed by atoms with E-state index in [2.05, 4.69) is 84.4 Å². The number of esters is 1. The van der Waals surface area contributed by atoms with Gasteiger partial charge in [0.15, 0.2) is 0 Å². The summed E-state index contributed by atoms with van der Waals surface area (Å²) in [5, 5.41) is 9.02. The molecule has 15 heteroatoms. The van der Waals surface area contributed by atoms with Gasteiger partial charge in [0.05, 0.1) is 30.0 Å². The first kappa shape index (κ1) is 49.5. The maximum absolute atomic E-state index is 14.8. The molecule has 2 aromatic heterocycles. The van der Waals surface area contributed by atoms with Crippen LogP contribution in [0.3, 0.4) is 0 Å². The standard InChI is InChI=1S/C54H70N8O7/c1-10-46(63)60-21-19-37(30-60)51(65)59(8)48(32(3)4)50(64)57-44-23-34-14-12-15-35(22-34)36-17-18-45-40(24-36)42(26-54(6,7)31-69-53(67)43-16-13-20-62(58-43)52(44)66)49(61(45)11-2)41-25-38(39-27-55-28-39)29-56-47(41)33(5)68-9/h10,12,14-15,17-18,22,24-25,29,32-33,37,39,43-44,48,55,58H,1,11,13,16,19-21,23,26-28,30-31H2,2-9H3,(H,57,64)/t33-,37-,43-,44-,48?/m0/s1. The molecule has 15 nitrogen and oxygen atoms in total. The molecule has 4 aromatic rings. The lowest BCUT2D eigenvalue weighted by Crippen LogP contribution is -2.62. The van der Waals surface area contributed by atoms with Crippen LogP contribution in [-0.4, -0.2) is 126 Å². The highest BCUT2D eigenvalue weighted by Gasteiger charge is 2.40. The molecule has 3 fully saturated rings. The van der Waals surface area contributed by atoms with Gasteiger partial charge in [-0.2, -0.15) is 0 Å². The molecule has 8 rings (SSSR count). The Balaban J connectivity index is 1.20. The van der Waals surface area contributed by atoms with Gasteiger partial charge < -0.3 is 34.5 Å². The Morgan fingerprint density at radius 3 is 2.52 bits per heavy atom. The highest BCUT2D eigenvalue weighted by molar-refractivity contribution is 5.96. The van der Waals surface area contributed by atoms with Crippen molar-refractivity contribution < 1.29 is 33.4 Å². The van der Waals surface area contributed by atoms with Crippen molar-refractivity contribution in [3.63, 3.8) is 0 Å². The smallest absolute Gasteiger partial charge is 0.324 e. The second-order valence-electron chi connectivity index (χ2n) is 20.6. The van der Waals surface area contributed by atoms with Gasteiger partial charge in [-0.25, -0.2) is 5.43 Å². The molecule has 6 bridgehead atoms. The first-order valence-electron chi connectivity index (χ1n) is 24.7. The maximum atomic E-state index is 14.8. The van der Waals surface area contributed by atoms with Crippen molar-refractivity contribution >= 4 is 40.5 Å². The van der Waals surface area contributed by atoms with Gasteiger partial charge in [0.2, 0.25) is 17.7 Å². The van der Waals surface area contributed by atoms with Crippen molar-refractivity contribution in [1.82, 2.24) is 40.4 Å². The average Bonchev–Trinajstić information content (AvgIpc) is 3.94. The summed E-state index contributed by atoms with van der Waals surface area (Å²) in [6.45, 7) is 19.4. The number of benzene rings is 2. The Morgan fingerprint density at radius 2 is 1.83 bits per heavy atom. The van der Waals surface area contributed by atoms with E-state index in [1.54, 1.807) is 19.1 Å². The number of fused-ring (bicyclic) bond motifs is 6. The summed E-state index contributed by atoms with van der Waals surface area (Å²) in [7, 11) is 3.33. The molecule has 6 heterocycles. The fraction of sp³-hybridized carbons (Fsp3) is 0.519. The number of nitrogens with one attached hydrogen (secondary N) is 3. The Morgan fingerprint density at radius 1 is 1.06 bits per heavy atom. The van der Waals surface area contributed by atoms with Crippen LogP contribution in [0.25, 0.3) is 33.3 Å². The number of nitrogens with zero attached hydrogens (tertiary/aromatic N) is 5. The largest absolute Gasteiger partial charge is 0.464 e. The predicted octanol–water partition coefficient (Wildman–Crippen LogP) is 5.95.